The van der Waals surface area contributed by atoms with Gasteiger partial charge in [0.25, 0.3) is 5.91 Å². The zero-order valence-electron chi connectivity index (χ0n) is 17.1. The SMILES string of the molecule is COC(=O)c1ccc(CN2C(=O)CNC23CCN(C(=O)c2cccnc2Cl)CC3)cc1. The van der Waals surface area contributed by atoms with Gasteiger partial charge in [-0.1, -0.05) is 23.7 Å². The van der Waals surface area contributed by atoms with Gasteiger partial charge in [0.05, 0.1) is 30.4 Å². The first-order valence-corrected chi connectivity index (χ1v) is 10.4. The lowest BCUT2D eigenvalue weighted by atomic mass is 9.95. The molecule has 0 unspecified atom stereocenters. The third kappa shape index (κ3) is 4.13. The van der Waals surface area contributed by atoms with Crippen molar-refractivity contribution < 1.29 is 19.1 Å². The number of hydrogen-bond donors (Lipinski definition) is 1. The van der Waals surface area contributed by atoms with Crippen LogP contribution in [0.4, 0.5) is 0 Å². The number of methoxy groups -OCH3 is 1. The Morgan fingerprint density at radius 2 is 1.90 bits per heavy atom. The van der Waals surface area contributed by atoms with Crippen molar-refractivity contribution in [2.24, 2.45) is 0 Å². The number of pyridine rings is 1. The van der Waals surface area contributed by atoms with E-state index in [4.69, 9.17) is 16.3 Å². The van der Waals surface area contributed by atoms with Crippen molar-refractivity contribution in [2.45, 2.75) is 25.0 Å². The molecule has 2 aliphatic heterocycles. The molecule has 3 heterocycles. The van der Waals surface area contributed by atoms with Crippen LogP contribution in [0.2, 0.25) is 5.15 Å². The second kappa shape index (κ2) is 8.64. The van der Waals surface area contributed by atoms with E-state index in [-0.39, 0.29) is 23.5 Å². The number of piperidine rings is 1. The molecule has 1 aromatic carbocycles. The molecule has 0 aliphatic carbocycles. The van der Waals surface area contributed by atoms with E-state index >= 15 is 0 Å². The van der Waals surface area contributed by atoms with Crippen molar-refractivity contribution in [3.8, 4) is 0 Å². The van der Waals surface area contributed by atoms with Gasteiger partial charge in [0.1, 0.15) is 5.15 Å². The van der Waals surface area contributed by atoms with Crippen LogP contribution in [0.5, 0.6) is 0 Å². The minimum absolute atomic E-state index is 0.0205. The number of esters is 1. The number of aromatic nitrogens is 1. The highest BCUT2D eigenvalue weighted by Gasteiger charge is 2.47. The Bertz CT molecular complexity index is 1000. The van der Waals surface area contributed by atoms with Gasteiger partial charge in [0.15, 0.2) is 0 Å². The summed E-state index contributed by atoms with van der Waals surface area (Å²) in [6.45, 7) is 1.70. The summed E-state index contributed by atoms with van der Waals surface area (Å²) >= 11 is 6.08. The molecule has 0 bridgehead atoms. The van der Waals surface area contributed by atoms with Gasteiger partial charge in [-0.05, 0) is 29.8 Å². The summed E-state index contributed by atoms with van der Waals surface area (Å²) < 4.78 is 4.73. The van der Waals surface area contributed by atoms with Crippen LogP contribution >= 0.6 is 11.6 Å². The van der Waals surface area contributed by atoms with Gasteiger partial charge in [-0.3, -0.25) is 14.9 Å². The Balaban J connectivity index is 1.45. The number of amides is 2. The van der Waals surface area contributed by atoms with Crippen LogP contribution in [0.3, 0.4) is 0 Å². The van der Waals surface area contributed by atoms with E-state index in [9.17, 15) is 14.4 Å². The molecule has 1 N–H and O–H groups in total. The lowest BCUT2D eigenvalue weighted by Gasteiger charge is -2.44. The van der Waals surface area contributed by atoms with Crippen molar-refractivity contribution in [3.63, 3.8) is 0 Å². The Hall–Kier alpha value is -2.97. The molecule has 2 amide bonds. The zero-order chi connectivity index (χ0) is 22.0. The predicted octanol–water partition coefficient (Wildman–Crippen LogP) is 2.09. The Morgan fingerprint density at radius 3 is 2.55 bits per heavy atom. The highest BCUT2D eigenvalue weighted by molar-refractivity contribution is 6.32. The molecule has 0 saturated carbocycles. The minimum atomic E-state index is -0.492. The highest BCUT2D eigenvalue weighted by atomic mass is 35.5. The summed E-state index contributed by atoms with van der Waals surface area (Å²) in [4.78, 5) is 44.7. The molecule has 162 valence electrons. The predicted molar refractivity (Wildman–Crippen MR) is 113 cm³/mol. The lowest BCUT2D eigenvalue weighted by Crippen LogP contribution is -2.59. The topological polar surface area (TPSA) is 91.8 Å². The molecule has 0 atom stereocenters. The Labute approximate surface area is 185 Å². The molecule has 2 fully saturated rings. The van der Waals surface area contributed by atoms with Gasteiger partial charge < -0.3 is 14.5 Å². The average Bonchev–Trinajstić information content (AvgIpc) is 3.09. The van der Waals surface area contributed by atoms with Crippen LogP contribution in [0, 0.1) is 0 Å². The first-order valence-electron chi connectivity index (χ1n) is 10.1. The molecule has 0 radical (unpaired) electrons. The number of carbonyl (C=O) groups is 3. The summed E-state index contributed by atoms with van der Waals surface area (Å²) in [7, 11) is 1.34. The maximum atomic E-state index is 12.8. The van der Waals surface area contributed by atoms with Crippen LogP contribution < -0.4 is 5.32 Å². The van der Waals surface area contributed by atoms with Gasteiger partial charge in [0.2, 0.25) is 5.91 Å². The minimum Gasteiger partial charge on any atom is -0.465 e. The number of nitrogens with one attached hydrogen (secondary N) is 1. The summed E-state index contributed by atoms with van der Waals surface area (Å²) in [6, 6.07) is 10.4. The van der Waals surface area contributed by atoms with E-state index in [0.717, 1.165) is 5.56 Å². The highest BCUT2D eigenvalue weighted by Crippen LogP contribution is 2.32. The summed E-state index contributed by atoms with van der Waals surface area (Å²) in [6.07, 6.45) is 2.78. The fraction of sp³-hybridized carbons (Fsp3) is 0.364. The van der Waals surface area contributed by atoms with E-state index in [1.165, 1.54) is 7.11 Å². The zero-order valence-corrected chi connectivity index (χ0v) is 17.9. The Kier molecular flexibility index (Phi) is 5.93. The van der Waals surface area contributed by atoms with Gasteiger partial charge in [-0.25, -0.2) is 9.78 Å². The van der Waals surface area contributed by atoms with Gasteiger partial charge >= 0.3 is 5.97 Å². The van der Waals surface area contributed by atoms with Crippen molar-refractivity contribution in [1.29, 1.82) is 0 Å². The van der Waals surface area contributed by atoms with Crippen LogP contribution in [0.1, 0.15) is 39.1 Å². The van der Waals surface area contributed by atoms with E-state index in [0.29, 0.717) is 43.6 Å². The average molecular weight is 443 g/mol. The molecule has 31 heavy (non-hydrogen) atoms. The Morgan fingerprint density at radius 1 is 1.19 bits per heavy atom. The second-order valence-corrected chi connectivity index (χ2v) is 8.05. The molecule has 2 aliphatic rings. The van der Waals surface area contributed by atoms with E-state index in [1.54, 1.807) is 35.4 Å². The van der Waals surface area contributed by atoms with Crippen LogP contribution in [0.25, 0.3) is 0 Å². The molecule has 1 spiro atoms. The van der Waals surface area contributed by atoms with Crippen LogP contribution in [-0.2, 0) is 16.1 Å². The number of benzene rings is 1. The normalized spacial score (nSPS) is 17.8. The smallest absolute Gasteiger partial charge is 0.337 e. The van der Waals surface area contributed by atoms with E-state index in [2.05, 4.69) is 10.3 Å². The molecule has 8 nitrogen and oxygen atoms in total. The third-order valence-electron chi connectivity index (χ3n) is 5.97. The summed E-state index contributed by atoms with van der Waals surface area (Å²) in [5, 5.41) is 3.56. The number of rotatable bonds is 4. The van der Waals surface area contributed by atoms with Crippen molar-refractivity contribution in [3.05, 3.63) is 64.4 Å². The van der Waals surface area contributed by atoms with E-state index < -0.39 is 11.6 Å². The molecule has 4 rings (SSSR count). The first kappa shape index (κ1) is 21.3. The number of carbonyl (C=O) groups excluding carboxylic acids is 3. The number of likely N-dealkylation sites (tertiary alicyclic amines) is 1. The van der Waals surface area contributed by atoms with Crippen molar-refractivity contribution >= 4 is 29.4 Å². The van der Waals surface area contributed by atoms with Crippen molar-refractivity contribution in [2.75, 3.05) is 26.7 Å². The third-order valence-corrected chi connectivity index (χ3v) is 6.27. The number of ether oxygens (including phenoxy) is 1. The molecule has 2 aromatic rings. The second-order valence-electron chi connectivity index (χ2n) is 7.69. The largest absolute Gasteiger partial charge is 0.465 e. The van der Waals surface area contributed by atoms with Gasteiger partial charge in [0, 0.05) is 38.7 Å². The number of hydrogen-bond acceptors (Lipinski definition) is 6. The summed E-state index contributed by atoms with van der Waals surface area (Å²) in [5.74, 6) is -0.526. The fourth-order valence-electron chi connectivity index (χ4n) is 4.20. The quantitative estimate of drug-likeness (QED) is 0.575. The fourth-order valence-corrected chi connectivity index (χ4v) is 4.40. The number of nitrogens with zero attached hydrogens (tertiary/aromatic N) is 3. The van der Waals surface area contributed by atoms with Crippen LogP contribution in [-0.4, -0.2) is 65.0 Å². The van der Waals surface area contributed by atoms with Gasteiger partial charge in [-0.2, -0.15) is 0 Å². The summed E-state index contributed by atoms with van der Waals surface area (Å²) in [5.41, 5.74) is 1.28. The molecule has 1 aromatic heterocycles. The van der Waals surface area contributed by atoms with Crippen molar-refractivity contribution in [1.82, 2.24) is 20.1 Å². The van der Waals surface area contributed by atoms with Crippen LogP contribution in [0.15, 0.2) is 42.6 Å². The first-order chi connectivity index (χ1) is 14.9. The van der Waals surface area contributed by atoms with Gasteiger partial charge in [-0.15, -0.1) is 0 Å². The molecular weight excluding hydrogens is 420 g/mol. The monoisotopic (exact) mass is 442 g/mol. The molecule has 2 saturated heterocycles. The maximum Gasteiger partial charge on any atom is 0.337 e. The number of halogens is 1. The molecular formula is C22H23ClN4O4. The van der Waals surface area contributed by atoms with E-state index in [1.807, 2.05) is 17.0 Å². The molecule has 9 heteroatoms. The standard InChI is InChI=1S/C22H23ClN4O4/c1-31-21(30)16-6-4-15(5-7-16)14-27-18(28)13-25-22(27)8-11-26(12-9-22)20(29)17-3-2-10-24-19(17)23/h2-7,10,25H,8-9,11-14H2,1H3. The lowest BCUT2D eigenvalue weighted by molar-refractivity contribution is -0.132. The maximum absolute atomic E-state index is 12.8.